The molecule has 0 aliphatic carbocycles. The minimum Gasteiger partial charge on any atom is -0.508 e. The van der Waals surface area contributed by atoms with Gasteiger partial charge in [0.25, 0.3) is 5.69 Å². The number of phenolic OH excluding ortho intramolecular Hbond substituents is 2. The highest BCUT2D eigenvalue weighted by Gasteiger charge is 2.03. The molecule has 2 aromatic carbocycles. The molecule has 7 heteroatoms. The normalized spacial score (nSPS) is 10.6. The molecule has 0 spiro atoms. The van der Waals surface area contributed by atoms with Crippen molar-refractivity contribution in [2.75, 3.05) is 5.43 Å². The zero-order valence-electron chi connectivity index (χ0n) is 10.2. The number of nitrogens with one attached hydrogen (secondary N) is 1. The molecule has 0 amide bonds. The van der Waals surface area contributed by atoms with Gasteiger partial charge in [0.1, 0.15) is 11.5 Å². The molecular weight excluding hydrogens is 262 g/mol. The minimum atomic E-state index is -0.485. The molecule has 0 aliphatic rings. The van der Waals surface area contributed by atoms with Crippen LogP contribution in [0.25, 0.3) is 0 Å². The van der Waals surface area contributed by atoms with Crippen molar-refractivity contribution in [2.24, 2.45) is 5.10 Å². The molecule has 0 saturated heterocycles. The van der Waals surface area contributed by atoms with Crippen LogP contribution < -0.4 is 5.43 Å². The van der Waals surface area contributed by atoms with Gasteiger partial charge >= 0.3 is 0 Å². The highest BCUT2D eigenvalue weighted by molar-refractivity contribution is 5.84. The van der Waals surface area contributed by atoms with Gasteiger partial charge in [-0.25, -0.2) is 0 Å². The highest BCUT2D eigenvalue weighted by atomic mass is 16.6. The van der Waals surface area contributed by atoms with Gasteiger partial charge in [0.05, 0.1) is 16.8 Å². The standard InChI is InChI=1S/C13H11N3O4/c17-12-6-1-9(13(18)7-12)8-14-15-10-2-4-11(5-3-10)16(19)20/h1-8,15,17-18H/b14-8+. The van der Waals surface area contributed by atoms with E-state index in [4.69, 9.17) is 5.11 Å². The molecule has 0 fully saturated rings. The molecular formula is C13H11N3O4. The fourth-order valence-electron chi connectivity index (χ4n) is 1.48. The zero-order chi connectivity index (χ0) is 14.5. The van der Waals surface area contributed by atoms with Crippen LogP contribution in [0.3, 0.4) is 0 Å². The Hall–Kier alpha value is -3.09. The van der Waals surface area contributed by atoms with Crippen LogP contribution in [0.1, 0.15) is 5.56 Å². The van der Waals surface area contributed by atoms with Crippen molar-refractivity contribution < 1.29 is 15.1 Å². The summed E-state index contributed by atoms with van der Waals surface area (Å²) in [6.07, 6.45) is 1.37. The molecule has 0 radical (unpaired) electrons. The number of hydrogen-bond donors (Lipinski definition) is 3. The van der Waals surface area contributed by atoms with Gasteiger partial charge in [-0.2, -0.15) is 5.10 Å². The topological polar surface area (TPSA) is 108 Å². The number of nitrogens with zero attached hydrogens (tertiary/aromatic N) is 2. The first-order valence-electron chi connectivity index (χ1n) is 5.62. The quantitative estimate of drug-likeness (QED) is 0.450. The number of non-ortho nitro benzene ring substituents is 1. The van der Waals surface area contributed by atoms with Crippen LogP contribution in [0.15, 0.2) is 47.6 Å². The third kappa shape index (κ3) is 3.22. The first-order chi connectivity index (χ1) is 9.56. The van der Waals surface area contributed by atoms with E-state index < -0.39 is 4.92 Å². The summed E-state index contributed by atoms with van der Waals surface area (Å²) in [6, 6.07) is 9.88. The van der Waals surface area contributed by atoms with Crippen LogP contribution in [0.2, 0.25) is 0 Å². The van der Waals surface area contributed by atoms with Crippen molar-refractivity contribution in [3.8, 4) is 11.5 Å². The highest BCUT2D eigenvalue weighted by Crippen LogP contribution is 2.21. The zero-order valence-corrected chi connectivity index (χ0v) is 10.2. The Labute approximate surface area is 114 Å². The second-order valence-electron chi connectivity index (χ2n) is 3.92. The molecule has 0 heterocycles. The van der Waals surface area contributed by atoms with Gasteiger partial charge in [0.15, 0.2) is 0 Å². The van der Waals surface area contributed by atoms with Gasteiger partial charge in [0, 0.05) is 23.8 Å². The summed E-state index contributed by atoms with van der Waals surface area (Å²) in [6.45, 7) is 0. The summed E-state index contributed by atoms with van der Waals surface area (Å²) in [7, 11) is 0. The summed E-state index contributed by atoms with van der Waals surface area (Å²) in [5.74, 6) is -0.137. The summed E-state index contributed by atoms with van der Waals surface area (Å²) in [4.78, 5) is 10.00. The van der Waals surface area contributed by atoms with Gasteiger partial charge < -0.3 is 10.2 Å². The fraction of sp³-hybridized carbons (Fsp3) is 0. The molecule has 2 rings (SSSR count). The Morgan fingerprint density at radius 3 is 2.45 bits per heavy atom. The van der Waals surface area contributed by atoms with E-state index in [1.54, 1.807) is 0 Å². The van der Waals surface area contributed by atoms with Crippen LogP contribution in [0.5, 0.6) is 11.5 Å². The molecule has 2 aromatic rings. The number of nitro groups is 1. The molecule has 0 unspecified atom stereocenters. The maximum atomic E-state index is 10.5. The van der Waals surface area contributed by atoms with Crippen LogP contribution in [0, 0.1) is 10.1 Å². The number of hydrazone groups is 1. The first-order valence-corrected chi connectivity index (χ1v) is 5.62. The monoisotopic (exact) mass is 273 g/mol. The maximum Gasteiger partial charge on any atom is 0.269 e. The minimum absolute atomic E-state index is 0.00397. The lowest BCUT2D eigenvalue weighted by molar-refractivity contribution is -0.384. The van der Waals surface area contributed by atoms with E-state index in [1.165, 1.54) is 48.7 Å². The number of benzene rings is 2. The number of anilines is 1. The van der Waals surface area contributed by atoms with Gasteiger partial charge in [-0.3, -0.25) is 15.5 Å². The molecule has 0 atom stereocenters. The summed E-state index contributed by atoms with van der Waals surface area (Å²) >= 11 is 0. The van der Waals surface area contributed by atoms with Crippen molar-refractivity contribution in [3.05, 3.63) is 58.1 Å². The molecule has 0 aliphatic heterocycles. The number of phenols is 2. The Balaban J connectivity index is 2.04. The van der Waals surface area contributed by atoms with Gasteiger partial charge in [-0.15, -0.1) is 0 Å². The van der Waals surface area contributed by atoms with Crippen molar-refractivity contribution in [1.82, 2.24) is 0 Å². The lowest BCUT2D eigenvalue weighted by Gasteiger charge is -2.01. The van der Waals surface area contributed by atoms with Crippen molar-refractivity contribution >= 4 is 17.6 Å². The van der Waals surface area contributed by atoms with E-state index in [0.717, 1.165) is 0 Å². The smallest absolute Gasteiger partial charge is 0.269 e. The van der Waals surface area contributed by atoms with E-state index in [-0.39, 0.29) is 17.2 Å². The summed E-state index contributed by atoms with van der Waals surface area (Å²) in [5.41, 5.74) is 3.67. The van der Waals surface area contributed by atoms with Crippen LogP contribution >= 0.6 is 0 Å². The lowest BCUT2D eigenvalue weighted by atomic mass is 10.2. The van der Waals surface area contributed by atoms with Crippen molar-refractivity contribution in [3.63, 3.8) is 0 Å². The summed E-state index contributed by atoms with van der Waals surface area (Å²) < 4.78 is 0. The largest absolute Gasteiger partial charge is 0.508 e. The fourth-order valence-corrected chi connectivity index (χ4v) is 1.48. The van der Waals surface area contributed by atoms with Gasteiger partial charge in [0.2, 0.25) is 0 Å². The van der Waals surface area contributed by atoms with E-state index in [1.807, 2.05) is 0 Å². The average Bonchev–Trinajstić information content (AvgIpc) is 2.42. The van der Waals surface area contributed by atoms with Crippen LogP contribution in [-0.2, 0) is 0 Å². The molecule has 0 bridgehead atoms. The maximum absolute atomic E-state index is 10.5. The molecule has 7 nitrogen and oxygen atoms in total. The summed E-state index contributed by atoms with van der Waals surface area (Å²) in [5, 5.41) is 33.0. The third-order valence-electron chi connectivity index (χ3n) is 2.49. The first kappa shape index (κ1) is 13.3. The second kappa shape index (κ2) is 5.70. The Kier molecular flexibility index (Phi) is 3.80. The number of rotatable bonds is 4. The van der Waals surface area contributed by atoms with E-state index in [9.17, 15) is 15.2 Å². The van der Waals surface area contributed by atoms with E-state index in [0.29, 0.717) is 11.3 Å². The van der Waals surface area contributed by atoms with Crippen LogP contribution in [0.4, 0.5) is 11.4 Å². The predicted molar refractivity (Wildman–Crippen MR) is 74.1 cm³/mol. The molecule has 20 heavy (non-hydrogen) atoms. The number of aromatic hydroxyl groups is 2. The SMILES string of the molecule is O=[N+]([O-])c1ccc(N/N=C/c2ccc(O)cc2O)cc1. The Bertz CT molecular complexity index is 653. The van der Waals surface area contributed by atoms with E-state index >= 15 is 0 Å². The molecule has 0 aromatic heterocycles. The number of hydrogen-bond acceptors (Lipinski definition) is 6. The number of nitro benzene ring substituents is 1. The van der Waals surface area contributed by atoms with Crippen molar-refractivity contribution in [2.45, 2.75) is 0 Å². The van der Waals surface area contributed by atoms with Crippen molar-refractivity contribution in [1.29, 1.82) is 0 Å². The van der Waals surface area contributed by atoms with Gasteiger partial charge in [-0.05, 0) is 24.3 Å². The molecule has 102 valence electrons. The lowest BCUT2D eigenvalue weighted by Crippen LogP contribution is -1.92. The van der Waals surface area contributed by atoms with Gasteiger partial charge in [-0.1, -0.05) is 0 Å². The third-order valence-corrected chi connectivity index (χ3v) is 2.49. The van der Waals surface area contributed by atoms with Crippen LogP contribution in [-0.4, -0.2) is 21.4 Å². The van der Waals surface area contributed by atoms with E-state index in [2.05, 4.69) is 10.5 Å². The Morgan fingerprint density at radius 2 is 1.85 bits per heavy atom. The molecule has 0 saturated carbocycles. The molecule has 3 N–H and O–H groups in total. The average molecular weight is 273 g/mol. The second-order valence-corrected chi connectivity index (χ2v) is 3.92. The predicted octanol–water partition coefficient (Wildman–Crippen LogP) is 2.45. The Morgan fingerprint density at radius 1 is 1.15 bits per heavy atom.